The van der Waals surface area contributed by atoms with E-state index in [1.165, 1.54) is 17.8 Å². The number of anilines is 1. The highest BCUT2D eigenvalue weighted by Gasteiger charge is 2.19. The van der Waals surface area contributed by atoms with E-state index >= 15 is 0 Å². The van der Waals surface area contributed by atoms with Crippen LogP contribution in [0, 0.1) is 11.6 Å². The van der Waals surface area contributed by atoms with Crippen molar-refractivity contribution >= 4 is 23.4 Å². The fourth-order valence-electron chi connectivity index (χ4n) is 2.62. The maximum atomic E-state index is 13.8. The third kappa shape index (κ3) is 5.26. The van der Waals surface area contributed by atoms with Crippen molar-refractivity contribution < 1.29 is 23.0 Å². The summed E-state index contributed by atoms with van der Waals surface area (Å²) in [6, 6.07) is 10.1. The summed E-state index contributed by atoms with van der Waals surface area (Å²) in [4.78, 5) is 12.2. The topological polar surface area (TPSA) is 78.3 Å². The molecule has 1 unspecified atom stereocenters. The molecule has 0 aliphatic rings. The van der Waals surface area contributed by atoms with E-state index < -0.39 is 17.7 Å². The molecular weight excluding hydrogens is 414 g/mol. The number of hydrogen-bond donors (Lipinski definition) is 1. The van der Waals surface area contributed by atoms with Crippen LogP contribution in [-0.2, 0) is 11.8 Å². The van der Waals surface area contributed by atoms with Crippen LogP contribution in [0.3, 0.4) is 0 Å². The van der Waals surface area contributed by atoms with Gasteiger partial charge in [-0.15, -0.1) is 10.2 Å². The molecule has 1 amide bonds. The highest BCUT2D eigenvalue weighted by molar-refractivity contribution is 7.99. The van der Waals surface area contributed by atoms with Gasteiger partial charge in [0.25, 0.3) is 0 Å². The van der Waals surface area contributed by atoms with Crippen LogP contribution in [0.5, 0.6) is 11.5 Å². The number of halogens is 2. The van der Waals surface area contributed by atoms with Crippen LogP contribution < -0.4 is 14.8 Å². The summed E-state index contributed by atoms with van der Waals surface area (Å²) in [6.07, 6.45) is -0.634. The lowest BCUT2D eigenvalue weighted by Crippen LogP contribution is -2.15. The Bertz CT molecular complexity index is 1030. The molecule has 0 bridgehead atoms. The molecule has 1 heterocycles. The van der Waals surface area contributed by atoms with Gasteiger partial charge in [-0.05, 0) is 43.3 Å². The Balaban J connectivity index is 1.58. The summed E-state index contributed by atoms with van der Waals surface area (Å²) in [5, 5.41) is 11.4. The number of thioether (sulfide) groups is 1. The van der Waals surface area contributed by atoms with Crippen molar-refractivity contribution in [3.8, 4) is 11.5 Å². The predicted molar refractivity (Wildman–Crippen MR) is 109 cm³/mol. The summed E-state index contributed by atoms with van der Waals surface area (Å²) in [7, 11) is 3.29. The minimum absolute atomic E-state index is 0.0834. The second-order valence-corrected chi connectivity index (χ2v) is 7.24. The lowest BCUT2D eigenvalue weighted by molar-refractivity contribution is -0.113. The van der Waals surface area contributed by atoms with Gasteiger partial charge in [-0.2, -0.15) is 0 Å². The monoisotopic (exact) mass is 434 g/mol. The number of methoxy groups -OCH3 is 1. The zero-order chi connectivity index (χ0) is 21.7. The van der Waals surface area contributed by atoms with Gasteiger partial charge in [0.1, 0.15) is 11.6 Å². The highest BCUT2D eigenvalue weighted by atomic mass is 32.2. The van der Waals surface area contributed by atoms with Gasteiger partial charge in [0, 0.05) is 18.8 Å². The van der Waals surface area contributed by atoms with Gasteiger partial charge in [0.2, 0.25) is 5.91 Å². The van der Waals surface area contributed by atoms with E-state index in [4.69, 9.17) is 9.47 Å². The molecule has 1 aromatic heterocycles. The number of amides is 1. The maximum Gasteiger partial charge on any atom is 0.234 e. The molecule has 7 nitrogen and oxygen atoms in total. The number of aromatic nitrogens is 3. The molecule has 0 spiro atoms. The predicted octanol–water partition coefficient (Wildman–Crippen LogP) is 3.97. The highest BCUT2D eigenvalue weighted by Crippen LogP contribution is 2.26. The van der Waals surface area contributed by atoms with E-state index in [9.17, 15) is 13.6 Å². The third-order valence-electron chi connectivity index (χ3n) is 4.14. The van der Waals surface area contributed by atoms with Gasteiger partial charge < -0.3 is 19.4 Å². The molecule has 0 aliphatic carbocycles. The molecule has 0 radical (unpaired) electrons. The fraction of sp³-hybridized carbons (Fsp3) is 0.250. The Kier molecular flexibility index (Phi) is 6.88. The lowest BCUT2D eigenvalue weighted by atomic mass is 10.3. The molecule has 0 saturated heterocycles. The SMILES string of the molecule is COc1ccc(NC(=O)CSc2nnc(C(C)Oc3ccc(F)cc3F)n2C)cc1. The van der Waals surface area contributed by atoms with E-state index in [1.807, 2.05) is 0 Å². The van der Waals surface area contributed by atoms with Crippen molar-refractivity contribution in [3.63, 3.8) is 0 Å². The van der Waals surface area contributed by atoms with Gasteiger partial charge in [0.05, 0.1) is 12.9 Å². The zero-order valence-electron chi connectivity index (χ0n) is 16.6. The number of nitrogens with zero attached hydrogens (tertiary/aromatic N) is 3. The lowest BCUT2D eigenvalue weighted by Gasteiger charge is -2.14. The first-order chi connectivity index (χ1) is 14.4. The molecule has 1 atom stereocenters. The molecule has 10 heteroatoms. The molecule has 3 aromatic rings. The quantitative estimate of drug-likeness (QED) is 0.541. The summed E-state index contributed by atoms with van der Waals surface area (Å²) in [6.45, 7) is 1.68. The molecule has 0 aliphatic heterocycles. The Morgan fingerprint density at radius 2 is 1.93 bits per heavy atom. The molecule has 158 valence electrons. The minimum Gasteiger partial charge on any atom is -0.497 e. The Morgan fingerprint density at radius 3 is 2.60 bits per heavy atom. The van der Waals surface area contributed by atoms with Gasteiger partial charge in [-0.25, -0.2) is 8.78 Å². The number of carbonyl (C=O) groups is 1. The van der Waals surface area contributed by atoms with Crippen molar-refractivity contribution in [3.05, 3.63) is 59.9 Å². The van der Waals surface area contributed by atoms with Crippen molar-refractivity contribution in [2.75, 3.05) is 18.2 Å². The van der Waals surface area contributed by atoms with Crippen molar-refractivity contribution in [2.24, 2.45) is 7.05 Å². The first-order valence-electron chi connectivity index (χ1n) is 8.95. The number of ether oxygens (including phenoxy) is 2. The third-order valence-corrected chi connectivity index (χ3v) is 5.16. The smallest absolute Gasteiger partial charge is 0.234 e. The minimum atomic E-state index is -0.797. The average molecular weight is 434 g/mol. The van der Waals surface area contributed by atoms with Gasteiger partial charge in [-0.1, -0.05) is 11.8 Å². The van der Waals surface area contributed by atoms with Crippen LogP contribution in [0.2, 0.25) is 0 Å². The summed E-state index contributed by atoms with van der Waals surface area (Å²) < 4.78 is 39.1. The number of carbonyl (C=O) groups excluding carboxylic acids is 1. The number of rotatable bonds is 8. The van der Waals surface area contributed by atoms with E-state index in [-0.39, 0.29) is 17.4 Å². The largest absolute Gasteiger partial charge is 0.497 e. The van der Waals surface area contributed by atoms with Crippen LogP contribution in [0.1, 0.15) is 18.9 Å². The molecule has 1 N–H and O–H groups in total. The van der Waals surface area contributed by atoms with Crippen molar-refractivity contribution in [1.29, 1.82) is 0 Å². The van der Waals surface area contributed by atoms with Gasteiger partial charge in [-0.3, -0.25) is 4.79 Å². The molecule has 0 fully saturated rings. The maximum absolute atomic E-state index is 13.8. The second-order valence-electron chi connectivity index (χ2n) is 6.30. The Hall–Kier alpha value is -3.14. The Morgan fingerprint density at radius 1 is 1.20 bits per heavy atom. The normalized spacial score (nSPS) is 11.8. The Labute approximate surface area is 176 Å². The first kappa shape index (κ1) is 21.6. The van der Waals surface area contributed by atoms with Crippen LogP contribution in [0.25, 0.3) is 0 Å². The molecular formula is C20H20F2N4O3S. The number of benzene rings is 2. The standard InChI is InChI=1S/C20H20F2N4O3S/c1-12(29-17-9-4-13(21)10-16(17)22)19-24-25-20(26(19)2)30-11-18(27)23-14-5-7-15(28-3)8-6-14/h4-10,12H,11H2,1-3H3,(H,23,27). The number of hydrogen-bond acceptors (Lipinski definition) is 6. The molecule has 30 heavy (non-hydrogen) atoms. The van der Waals surface area contributed by atoms with Crippen LogP contribution in [-0.4, -0.2) is 33.5 Å². The number of nitrogens with one attached hydrogen (secondary N) is 1. The van der Waals surface area contributed by atoms with Crippen molar-refractivity contribution in [2.45, 2.75) is 18.2 Å². The van der Waals surface area contributed by atoms with E-state index in [0.717, 1.165) is 12.1 Å². The van der Waals surface area contributed by atoms with Crippen LogP contribution in [0.4, 0.5) is 14.5 Å². The van der Waals surface area contributed by atoms with Crippen molar-refractivity contribution in [1.82, 2.24) is 14.8 Å². The zero-order valence-corrected chi connectivity index (χ0v) is 17.4. The van der Waals surface area contributed by atoms with Crippen LogP contribution in [0.15, 0.2) is 47.6 Å². The van der Waals surface area contributed by atoms with E-state index in [0.29, 0.717) is 22.4 Å². The summed E-state index contributed by atoms with van der Waals surface area (Å²) in [5.41, 5.74) is 0.656. The van der Waals surface area contributed by atoms with Crippen LogP contribution >= 0.6 is 11.8 Å². The second kappa shape index (κ2) is 9.57. The van der Waals surface area contributed by atoms with E-state index in [1.54, 1.807) is 49.9 Å². The van der Waals surface area contributed by atoms with Gasteiger partial charge in [0.15, 0.2) is 28.7 Å². The first-order valence-corrected chi connectivity index (χ1v) is 9.93. The average Bonchev–Trinajstić information content (AvgIpc) is 3.09. The fourth-order valence-corrected chi connectivity index (χ4v) is 3.34. The van der Waals surface area contributed by atoms with E-state index in [2.05, 4.69) is 15.5 Å². The molecule has 2 aromatic carbocycles. The summed E-state index contributed by atoms with van der Waals surface area (Å²) in [5.74, 6) is -0.499. The van der Waals surface area contributed by atoms with Gasteiger partial charge >= 0.3 is 0 Å². The molecule has 0 saturated carbocycles. The summed E-state index contributed by atoms with van der Waals surface area (Å²) >= 11 is 1.21. The molecule has 3 rings (SSSR count).